The number of rotatable bonds is 31. The van der Waals surface area contributed by atoms with E-state index < -0.39 is 123 Å². The van der Waals surface area contributed by atoms with Crippen molar-refractivity contribution in [3.8, 4) is 0 Å². The third kappa shape index (κ3) is 20.2. The number of aliphatic hydroxyl groups excluding tert-OH is 1. The van der Waals surface area contributed by atoms with E-state index in [0.717, 1.165) is 10.8 Å². The van der Waals surface area contributed by atoms with Crippen LogP contribution in [0.5, 0.6) is 0 Å². The van der Waals surface area contributed by atoms with Crippen LogP contribution in [0.25, 0.3) is 0 Å². The van der Waals surface area contributed by atoms with Gasteiger partial charge in [-0.25, -0.2) is 37.0 Å². The molecule has 9 unspecified atom stereocenters. The van der Waals surface area contributed by atoms with Crippen molar-refractivity contribution in [3.63, 3.8) is 0 Å². The van der Waals surface area contributed by atoms with Crippen molar-refractivity contribution in [1.29, 1.82) is 0 Å². The van der Waals surface area contributed by atoms with Gasteiger partial charge in [0.1, 0.15) is 18.9 Å². The molecular formula is C37H59N4O29P6S+. The Labute approximate surface area is 438 Å². The highest BCUT2D eigenvalue weighted by Gasteiger charge is 2.51. The van der Waals surface area contributed by atoms with Gasteiger partial charge in [0.25, 0.3) is 21.6 Å². The van der Waals surface area contributed by atoms with Crippen LogP contribution >= 0.6 is 46.9 Å². The van der Waals surface area contributed by atoms with Gasteiger partial charge < -0.3 is 49.3 Å². The number of nitrogens with one attached hydrogen (secondary N) is 2. The summed E-state index contributed by atoms with van der Waals surface area (Å²) >= 11 is 0. The number of aryl methyl sites for hydroxylation is 1. The van der Waals surface area contributed by atoms with Gasteiger partial charge in [-0.3, -0.25) is 32.7 Å². The lowest BCUT2D eigenvalue weighted by molar-refractivity contribution is -0.437. The molecule has 2 aliphatic heterocycles. The van der Waals surface area contributed by atoms with Crippen LogP contribution < -0.4 is 16.6 Å². The number of aliphatic hydroxyl groups is 1. The number of phosphoric ester groups is 2. The van der Waals surface area contributed by atoms with Gasteiger partial charge >= 0.3 is 58.6 Å². The molecule has 77 heavy (non-hydrogen) atoms. The molecule has 0 bridgehead atoms. The average Bonchev–Trinajstić information content (AvgIpc) is 3.73. The van der Waals surface area contributed by atoms with E-state index >= 15 is 0 Å². The summed E-state index contributed by atoms with van der Waals surface area (Å²) in [5.74, 6) is -1.82. The van der Waals surface area contributed by atoms with Gasteiger partial charge in [0.05, 0.1) is 48.2 Å². The number of carbonyl (C=O) groups is 2. The first-order chi connectivity index (χ1) is 35.3. The summed E-state index contributed by atoms with van der Waals surface area (Å²) in [5, 5.41) is 13.0. The molecule has 40 heteroatoms. The van der Waals surface area contributed by atoms with Crippen LogP contribution in [0.15, 0.2) is 40.1 Å². The minimum absolute atomic E-state index is 0.00504. The minimum atomic E-state index is -6.55. The number of amides is 1. The minimum Gasteiger partial charge on any atom is -0.462 e. The fourth-order valence-electron chi connectivity index (χ4n) is 7.59. The van der Waals surface area contributed by atoms with Crippen molar-refractivity contribution >= 4 is 80.3 Å². The molecule has 10 N–H and O–H groups in total. The number of ether oxygens (including phenoxy) is 2. The molecule has 1 amide bonds. The lowest BCUT2D eigenvalue weighted by Crippen LogP contribution is -2.33. The summed E-state index contributed by atoms with van der Waals surface area (Å²) in [6.07, 6.45) is 1.34. The molecule has 0 spiro atoms. The molecule has 9 atom stereocenters. The van der Waals surface area contributed by atoms with Crippen molar-refractivity contribution in [2.45, 2.75) is 103 Å². The Morgan fingerprint density at radius 2 is 1.42 bits per heavy atom. The van der Waals surface area contributed by atoms with E-state index in [-0.39, 0.29) is 62.1 Å². The first-order valence-electron chi connectivity index (χ1n) is 22.7. The number of hydrogen-bond acceptors (Lipinski definition) is 22. The molecule has 4 rings (SSSR count). The Hall–Kier alpha value is -3.06. The van der Waals surface area contributed by atoms with Crippen molar-refractivity contribution < 1.29 is 129 Å². The fraction of sp³-hybridized carbons (Fsp3) is 0.595. The summed E-state index contributed by atoms with van der Waals surface area (Å²) in [6.45, 7) is 7.10. The van der Waals surface area contributed by atoms with Crippen LogP contribution in [-0.4, -0.2) is 130 Å². The molecule has 1 aromatic carbocycles. The highest BCUT2D eigenvalue weighted by molar-refractivity contribution is 7.85. The highest BCUT2D eigenvalue weighted by Crippen LogP contribution is 2.75. The van der Waals surface area contributed by atoms with Crippen LogP contribution in [0.3, 0.4) is 0 Å². The first-order valence-corrected chi connectivity index (χ1v) is 33.3. The maximum Gasteiger partial charge on any atom is 0.490 e. The second kappa shape index (κ2) is 26.7. The van der Waals surface area contributed by atoms with Gasteiger partial charge in [-0.2, -0.15) is 34.5 Å². The van der Waals surface area contributed by atoms with Crippen molar-refractivity contribution in [1.82, 2.24) is 14.9 Å². The van der Waals surface area contributed by atoms with Gasteiger partial charge in [-0.1, -0.05) is 25.8 Å². The summed E-state index contributed by atoms with van der Waals surface area (Å²) in [5.41, 5.74) is -0.545. The van der Waals surface area contributed by atoms with Gasteiger partial charge in [0.2, 0.25) is 5.69 Å². The number of nitrogens with zero attached hydrogens (tertiary/aromatic N) is 2. The number of allylic oxidation sites excluding steroid dienone is 2. The third-order valence-corrected chi connectivity index (χ3v) is 20.7. The Kier molecular flexibility index (Phi) is 23.0. The zero-order chi connectivity index (χ0) is 58.2. The third-order valence-electron chi connectivity index (χ3n) is 10.7. The molecular weight excluding hydrogens is 1180 g/mol. The molecule has 1 saturated heterocycles. The number of aromatic nitrogens is 2. The van der Waals surface area contributed by atoms with Crippen LogP contribution in [0.1, 0.15) is 111 Å². The number of benzene rings is 1. The van der Waals surface area contributed by atoms with Crippen molar-refractivity contribution in [2.75, 3.05) is 38.7 Å². The molecule has 1 aromatic heterocycles. The second-order valence-electron chi connectivity index (χ2n) is 17.3. The SMILES string of the molecule is CC=CC1=[N+](CCCS(=O)(=O)O)c2cc(C(=O)NCCCCCCOP(=O)(O)OP(=O)(O)OP(=O)(O)OP(=O)(O)OP(=O)(O)OP(=O)(O)OCC3OC(n4cc(C)c(=O)[nH]c4=O)CC3O)cc(C(=O)OCCC)c2C1(C)C. The number of aromatic amines is 1. The van der Waals surface area contributed by atoms with E-state index in [2.05, 4.69) is 35.9 Å². The van der Waals surface area contributed by atoms with Gasteiger partial charge in [0, 0.05) is 48.9 Å². The van der Waals surface area contributed by atoms with E-state index in [0.29, 0.717) is 36.2 Å². The normalized spacial score (nSPS) is 22.3. The molecule has 0 aliphatic carbocycles. The standard InChI is InChI=1S/C37H58N4O29P6S/c1-6-13-30-37(4,5)32-26(35(45)62-16-7-2)19-25(20-27(32)40(30)15-12-18-77(59,60)61)34(44)38-14-10-8-9-11-17-63-71(47,48)66-73(51,52)68-75(55,56)70-76(57,58)69-74(53,54)67-72(49,50)64-23-29-28(42)21-31(65-29)41-22-24(3)33(43)39-36(41)46/h6,13,19-20,22,28-29,31,42H,7-12,14-18,21,23H2,1-5H3,(H8-,38,39,43,44,46,47,48,49,50,51,52,53,54,55,56,57,58,59,60,61)/p+1. The van der Waals surface area contributed by atoms with Gasteiger partial charge in [-0.15, -0.1) is 0 Å². The van der Waals surface area contributed by atoms with E-state index in [1.807, 2.05) is 18.8 Å². The smallest absolute Gasteiger partial charge is 0.462 e. The zero-order valence-electron chi connectivity index (χ0n) is 41.4. The van der Waals surface area contributed by atoms with E-state index in [1.165, 1.54) is 13.0 Å². The summed E-state index contributed by atoms with van der Waals surface area (Å²) in [7, 11) is -41.6. The number of H-pyrrole nitrogens is 1. The Morgan fingerprint density at radius 3 is 1.97 bits per heavy atom. The Bertz CT molecular complexity index is 3120. The quantitative estimate of drug-likeness (QED) is 0.0168. The molecule has 0 saturated carbocycles. The maximum atomic E-state index is 13.5. The molecule has 33 nitrogen and oxygen atoms in total. The second-order valence-corrected chi connectivity index (χ2v) is 28.3. The van der Waals surface area contributed by atoms with E-state index in [9.17, 15) is 94.0 Å². The monoisotopic (exact) mass is 1240 g/mol. The van der Waals surface area contributed by atoms with Crippen LogP contribution in [0.2, 0.25) is 0 Å². The predicted octanol–water partition coefficient (Wildman–Crippen LogP) is 4.00. The molecule has 1 fully saturated rings. The summed E-state index contributed by atoms with van der Waals surface area (Å²) in [4.78, 5) is 112. The van der Waals surface area contributed by atoms with Crippen LogP contribution in [0.4, 0.5) is 5.69 Å². The van der Waals surface area contributed by atoms with Crippen molar-refractivity contribution in [2.24, 2.45) is 0 Å². The molecule has 436 valence electrons. The fourth-order valence-corrected chi connectivity index (χ4v) is 15.9. The number of carbonyl (C=O) groups excluding carboxylic acids is 2. The molecule has 0 radical (unpaired) electrons. The van der Waals surface area contributed by atoms with Gasteiger partial charge in [0.15, 0.2) is 5.71 Å². The molecule has 2 aliphatic rings. The number of hydrogen-bond donors (Lipinski definition) is 10. The number of esters is 1. The maximum absolute atomic E-state index is 13.5. The van der Waals surface area contributed by atoms with Crippen LogP contribution in [0, 0.1) is 6.92 Å². The van der Waals surface area contributed by atoms with Crippen molar-refractivity contribution in [3.05, 3.63) is 73.6 Å². The molecule has 2 aromatic rings. The predicted molar refractivity (Wildman–Crippen MR) is 263 cm³/mol. The lowest BCUT2D eigenvalue weighted by Gasteiger charge is -2.21. The number of fused-ring (bicyclic) bond motifs is 1. The number of unbranched alkanes of at least 4 members (excludes halogenated alkanes) is 3. The first kappa shape index (κ1) is 66.5. The zero-order valence-corrected chi connectivity index (χ0v) is 47.6. The molecule has 3 heterocycles. The highest BCUT2D eigenvalue weighted by atomic mass is 32.2. The summed E-state index contributed by atoms with van der Waals surface area (Å²) in [6, 6.07) is 2.95. The number of phosphoric acid groups is 6. The summed E-state index contributed by atoms with van der Waals surface area (Å²) < 4.78 is 147. The van der Waals surface area contributed by atoms with Gasteiger partial charge in [-0.05, 0) is 53.0 Å². The Balaban J connectivity index is 1.24. The van der Waals surface area contributed by atoms with E-state index in [4.69, 9.17) is 9.47 Å². The largest absolute Gasteiger partial charge is 0.490 e. The van der Waals surface area contributed by atoms with Crippen LogP contribution in [-0.2, 0) is 83.0 Å². The topological polar surface area (TPSA) is 486 Å². The average molecular weight is 1240 g/mol. The van der Waals surface area contributed by atoms with E-state index in [1.54, 1.807) is 36.6 Å². The Morgan fingerprint density at radius 1 is 0.857 bits per heavy atom. The lowest BCUT2D eigenvalue weighted by atomic mass is 9.78.